The van der Waals surface area contributed by atoms with Gasteiger partial charge in [-0.05, 0) is 27.7 Å². The molecule has 1 aliphatic heterocycles. The summed E-state index contributed by atoms with van der Waals surface area (Å²) in [6.45, 7) is 10.9. The van der Waals surface area contributed by atoms with Gasteiger partial charge in [-0.1, -0.05) is 35.0 Å². The first-order valence-corrected chi connectivity index (χ1v) is 8.27. The van der Waals surface area contributed by atoms with Crippen LogP contribution in [0.1, 0.15) is 31.9 Å². The van der Waals surface area contributed by atoms with Crippen LogP contribution in [0.25, 0.3) is 0 Å². The van der Waals surface area contributed by atoms with Gasteiger partial charge in [-0.15, -0.1) is 0 Å². The first-order valence-electron chi connectivity index (χ1n) is 8.27. The van der Waals surface area contributed by atoms with Crippen LogP contribution in [0.3, 0.4) is 0 Å². The normalized spacial score (nSPS) is 17.0. The lowest BCUT2D eigenvalue weighted by atomic mass is 10.1. The van der Waals surface area contributed by atoms with Crippen LogP contribution in [-0.2, 0) is 4.74 Å². The number of nitrogens with zero attached hydrogens (tertiary/aromatic N) is 3. The Morgan fingerprint density at radius 2 is 1.75 bits per heavy atom. The second-order valence-electron chi connectivity index (χ2n) is 7.16. The minimum atomic E-state index is -0.476. The Morgan fingerprint density at radius 1 is 1.17 bits per heavy atom. The van der Waals surface area contributed by atoms with Gasteiger partial charge in [0.2, 0.25) is 0 Å². The third kappa shape index (κ3) is 5.23. The van der Waals surface area contributed by atoms with E-state index in [1.54, 1.807) is 4.90 Å². The van der Waals surface area contributed by atoms with Gasteiger partial charge >= 0.3 is 6.09 Å². The summed E-state index contributed by atoms with van der Waals surface area (Å²) in [5.74, 6) is 0. The predicted molar refractivity (Wildman–Crippen MR) is 93.7 cm³/mol. The molecule has 1 N–H and O–H groups in total. The SMILES string of the molecule is Cc1ccc(C(CN2CCN(C(=O)OC(C)(C)C)CC2)=NO)cc1. The van der Waals surface area contributed by atoms with Crippen molar-refractivity contribution in [2.45, 2.75) is 33.3 Å². The highest BCUT2D eigenvalue weighted by atomic mass is 16.6. The van der Waals surface area contributed by atoms with Gasteiger partial charge < -0.3 is 14.8 Å². The molecule has 0 saturated carbocycles. The molecule has 0 spiro atoms. The maximum Gasteiger partial charge on any atom is 0.410 e. The first kappa shape index (κ1) is 18.3. The molecular formula is C18H27N3O3. The molecule has 1 amide bonds. The molecule has 2 rings (SSSR count). The van der Waals surface area contributed by atoms with E-state index in [1.807, 2.05) is 52.0 Å². The number of hydrogen-bond acceptors (Lipinski definition) is 5. The Balaban J connectivity index is 1.88. The minimum absolute atomic E-state index is 0.267. The van der Waals surface area contributed by atoms with Gasteiger partial charge in [0.15, 0.2) is 0 Å². The lowest BCUT2D eigenvalue weighted by Gasteiger charge is -2.35. The number of piperazine rings is 1. The molecule has 1 fully saturated rings. The van der Waals surface area contributed by atoms with Gasteiger partial charge in [0, 0.05) is 38.3 Å². The second-order valence-corrected chi connectivity index (χ2v) is 7.16. The van der Waals surface area contributed by atoms with E-state index in [0.29, 0.717) is 25.3 Å². The number of oxime groups is 1. The number of rotatable bonds is 3. The van der Waals surface area contributed by atoms with Crippen LogP contribution in [0.4, 0.5) is 4.79 Å². The van der Waals surface area contributed by atoms with Crippen molar-refractivity contribution in [3.05, 3.63) is 35.4 Å². The molecule has 6 heteroatoms. The predicted octanol–water partition coefficient (Wildman–Crippen LogP) is 2.73. The maximum atomic E-state index is 12.1. The molecule has 0 bridgehead atoms. The molecule has 1 aromatic rings. The number of carbonyl (C=O) groups excluding carboxylic acids is 1. The number of hydrogen-bond donors (Lipinski definition) is 1. The van der Waals surface area contributed by atoms with Crippen molar-refractivity contribution in [2.24, 2.45) is 5.16 Å². The van der Waals surface area contributed by atoms with Crippen LogP contribution < -0.4 is 0 Å². The van der Waals surface area contributed by atoms with E-state index in [4.69, 9.17) is 4.74 Å². The van der Waals surface area contributed by atoms with E-state index < -0.39 is 5.60 Å². The van der Waals surface area contributed by atoms with E-state index in [-0.39, 0.29) is 6.09 Å². The summed E-state index contributed by atoms with van der Waals surface area (Å²) in [5.41, 5.74) is 2.25. The molecule has 6 nitrogen and oxygen atoms in total. The first-order chi connectivity index (χ1) is 11.3. The largest absolute Gasteiger partial charge is 0.444 e. The van der Waals surface area contributed by atoms with Crippen LogP contribution in [0, 0.1) is 6.92 Å². The van der Waals surface area contributed by atoms with Crippen molar-refractivity contribution in [3.8, 4) is 0 Å². The summed E-state index contributed by atoms with van der Waals surface area (Å²) >= 11 is 0. The van der Waals surface area contributed by atoms with E-state index >= 15 is 0 Å². The van der Waals surface area contributed by atoms with Gasteiger partial charge in [-0.3, -0.25) is 4.90 Å². The van der Waals surface area contributed by atoms with E-state index in [1.165, 1.54) is 5.56 Å². The van der Waals surface area contributed by atoms with Gasteiger partial charge in [-0.25, -0.2) is 4.79 Å². The van der Waals surface area contributed by atoms with Crippen LogP contribution in [0.5, 0.6) is 0 Å². The van der Waals surface area contributed by atoms with Crippen LogP contribution in [-0.4, -0.2) is 65.1 Å². The maximum absolute atomic E-state index is 12.1. The molecule has 24 heavy (non-hydrogen) atoms. The van der Waals surface area contributed by atoms with Gasteiger partial charge in [0.25, 0.3) is 0 Å². The van der Waals surface area contributed by atoms with Crippen molar-refractivity contribution < 1.29 is 14.7 Å². The molecule has 132 valence electrons. The number of ether oxygens (including phenoxy) is 1. The molecule has 0 aromatic heterocycles. The monoisotopic (exact) mass is 333 g/mol. The zero-order chi connectivity index (χ0) is 17.7. The molecule has 1 aliphatic rings. The van der Waals surface area contributed by atoms with Crippen LogP contribution in [0.15, 0.2) is 29.4 Å². The minimum Gasteiger partial charge on any atom is -0.444 e. The van der Waals surface area contributed by atoms with Gasteiger partial charge in [0.1, 0.15) is 11.3 Å². The summed E-state index contributed by atoms with van der Waals surface area (Å²) < 4.78 is 5.40. The Labute approximate surface area is 143 Å². The summed E-state index contributed by atoms with van der Waals surface area (Å²) in [4.78, 5) is 16.0. The summed E-state index contributed by atoms with van der Waals surface area (Å²) in [6.07, 6.45) is -0.267. The average Bonchev–Trinajstić information content (AvgIpc) is 2.52. The number of amides is 1. The topological polar surface area (TPSA) is 65.4 Å². The quantitative estimate of drug-likeness (QED) is 0.525. The summed E-state index contributed by atoms with van der Waals surface area (Å²) in [5, 5.41) is 12.8. The standard InChI is InChI=1S/C18H27N3O3/c1-14-5-7-15(8-6-14)16(19-23)13-20-9-11-21(12-10-20)17(22)24-18(2,3)4/h5-8,23H,9-13H2,1-4H3. The molecule has 0 radical (unpaired) electrons. The van der Waals surface area contributed by atoms with Gasteiger partial charge in [-0.2, -0.15) is 0 Å². The summed E-state index contributed by atoms with van der Waals surface area (Å²) in [7, 11) is 0. The molecule has 1 heterocycles. The Kier molecular flexibility index (Phi) is 5.83. The number of carbonyl (C=O) groups is 1. The van der Waals surface area contributed by atoms with Crippen molar-refractivity contribution in [1.29, 1.82) is 0 Å². The van der Waals surface area contributed by atoms with Crippen LogP contribution in [0.2, 0.25) is 0 Å². The molecular weight excluding hydrogens is 306 g/mol. The summed E-state index contributed by atoms with van der Waals surface area (Å²) in [6, 6.07) is 7.92. The number of benzene rings is 1. The van der Waals surface area contributed by atoms with E-state index in [2.05, 4.69) is 10.1 Å². The van der Waals surface area contributed by atoms with Gasteiger partial charge in [0.05, 0.1) is 0 Å². The highest BCUT2D eigenvalue weighted by Gasteiger charge is 2.26. The highest BCUT2D eigenvalue weighted by Crippen LogP contribution is 2.13. The van der Waals surface area contributed by atoms with Crippen LogP contribution >= 0.6 is 0 Å². The lowest BCUT2D eigenvalue weighted by molar-refractivity contribution is 0.0156. The fourth-order valence-electron chi connectivity index (χ4n) is 2.55. The van der Waals surface area contributed by atoms with E-state index in [0.717, 1.165) is 18.7 Å². The number of aryl methyl sites for hydroxylation is 1. The third-order valence-corrected chi connectivity index (χ3v) is 3.90. The Morgan fingerprint density at radius 3 is 2.25 bits per heavy atom. The molecule has 1 aromatic carbocycles. The zero-order valence-corrected chi connectivity index (χ0v) is 15.0. The molecule has 0 atom stereocenters. The van der Waals surface area contributed by atoms with Crippen molar-refractivity contribution in [2.75, 3.05) is 32.7 Å². The third-order valence-electron chi connectivity index (χ3n) is 3.90. The van der Waals surface area contributed by atoms with Crippen molar-refractivity contribution in [1.82, 2.24) is 9.80 Å². The van der Waals surface area contributed by atoms with Crippen molar-refractivity contribution >= 4 is 11.8 Å². The fraction of sp³-hybridized carbons (Fsp3) is 0.556. The Bertz CT molecular complexity index is 583. The fourth-order valence-corrected chi connectivity index (χ4v) is 2.55. The molecule has 0 aliphatic carbocycles. The average molecular weight is 333 g/mol. The lowest BCUT2D eigenvalue weighted by Crippen LogP contribution is -2.51. The molecule has 1 saturated heterocycles. The Hall–Kier alpha value is -2.08. The highest BCUT2D eigenvalue weighted by molar-refractivity contribution is 6.01. The van der Waals surface area contributed by atoms with Crippen molar-refractivity contribution in [3.63, 3.8) is 0 Å². The second kappa shape index (κ2) is 7.66. The zero-order valence-electron chi connectivity index (χ0n) is 15.0. The molecule has 0 unspecified atom stereocenters. The smallest absolute Gasteiger partial charge is 0.410 e. The van der Waals surface area contributed by atoms with E-state index in [9.17, 15) is 10.0 Å².